The number of sulfonamides is 1. The van der Waals surface area contributed by atoms with Crippen LogP contribution in [0.25, 0.3) is 10.8 Å². The molecule has 0 radical (unpaired) electrons. The minimum Gasteiger partial charge on any atom is -0.330 e. The maximum Gasteiger partial charge on any atom is 0.244 e. The summed E-state index contributed by atoms with van der Waals surface area (Å²) in [5, 5.41) is 3.68. The second-order valence-electron chi connectivity index (χ2n) is 10.7. The van der Waals surface area contributed by atoms with E-state index in [1.54, 1.807) is 23.5 Å². The molecule has 1 aliphatic heterocycles. The van der Waals surface area contributed by atoms with Crippen LogP contribution in [0.5, 0.6) is 0 Å². The molecule has 0 unspecified atom stereocenters. The fraction of sp³-hybridized carbons (Fsp3) is 0.344. The molecule has 1 saturated carbocycles. The Kier molecular flexibility index (Phi) is 7.31. The van der Waals surface area contributed by atoms with Gasteiger partial charge in [0.15, 0.2) is 0 Å². The Hall–Kier alpha value is -3.00. The normalized spacial score (nSPS) is 18.4. The Morgan fingerprint density at radius 2 is 1.67 bits per heavy atom. The molecule has 7 heteroatoms. The lowest BCUT2D eigenvalue weighted by atomic mass is 9.90. The van der Waals surface area contributed by atoms with E-state index < -0.39 is 10.0 Å². The first-order valence-electron chi connectivity index (χ1n) is 13.9. The third kappa shape index (κ3) is 4.92. The number of hydrogen-bond donors (Lipinski definition) is 0. The van der Waals surface area contributed by atoms with E-state index >= 15 is 0 Å². The molecule has 1 fully saturated rings. The number of rotatable bonds is 6. The van der Waals surface area contributed by atoms with Crippen molar-refractivity contribution in [1.29, 1.82) is 0 Å². The quantitative estimate of drug-likeness (QED) is 0.264. The van der Waals surface area contributed by atoms with Crippen molar-refractivity contribution in [2.45, 2.75) is 62.4 Å². The number of carbonyl (C=O) groups excluding carboxylic acids is 1. The highest BCUT2D eigenvalue weighted by Gasteiger charge is 2.39. The molecule has 6 rings (SSSR count). The fourth-order valence-corrected chi connectivity index (χ4v) is 9.12. The molecule has 1 aromatic heterocycles. The van der Waals surface area contributed by atoms with E-state index in [1.807, 2.05) is 47.4 Å². The first kappa shape index (κ1) is 26.2. The van der Waals surface area contributed by atoms with Gasteiger partial charge in [-0.1, -0.05) is 79.9 Å². The standard InChI is InChI=1S/C32H34N2O3S2/c1-23-10-5-7-15-26(23)32-28-19-21-38-29(28)18-20-33(32)31(35)22-34(25-13-3-2-4-14-25)39(36,37)30-17-9-12-24-11-6-8-16-27(24)30/h5-12,15-17,19,21,25,32H,2-4,13-14,18,20,22H2,1H3/t32-/m0/s1. The van der Waals surface area contributed by atoms with E-state index in [0.717, 1.165) is 60.6 Å². The minimum atomic E-state index is -3.91. The van der Waals surface area contributed by atoms with Crippen molar-refractivity contribution >= 4 is 38.0 Å². The van der Waals surface area contributed by atoms with Gasteiger partial charge in [-0.2, -0.15) is 4.31 Å². The van der Waals surface area contributed by atoms with Crippen LogP contribution in [-0.4, -0.2) is 42.7 Å². The second-order valence-corrected chi connectivity index (χ2v) is 13.6. The Morgan fingerprint density at radius 3 is 2.49 bits per heavy atom. The second kappa shape index (κ2) is 10.9. The highest BCUT2D eigenvalue weighted by atomic mass is 32.2. The number of fused-ring (bicyclic) bond motifs is 2. The summed E-state index contributed by atoms with van der Waals surface area (Å²) in [6.07, 6.45) is 5.43. The zero-order valence-electron chi connectivity index (χ0n) is 22.3. The van der Waals surface area contributed by atoms with Crippen LogP contribution in [0.15, 0.2) is 83.1 Å². The first-order chi connectivity index (χ1) is 18.9. The number of aryl methyl sites for hydroxylation is 1. The van der Waals surface area contributed by atoms with Gasteiger partial charge >= 0.3 is 0 Å². The molecule has 3 aromatic carbocycles. The largest absolute Gasteiger partial charge is 0.330 e. The van der Waals surface area contributed by atoms with Crippen molar-refractivity contribution in [2.24, 2.45) is 0 Å². The van der Waals surface area contributed by atoms with Crippen molar-refractivity contribution in [3.63, 3.8) is 0 Å². The summed E-state index contributed by atoms with van der Waals surface area (Å²) in [6.45, 7) is 2.52. The van der Waals surface area contributed by atoms with Crippen molar-refractivity contribution < 1.29 is 13.2 Å². The number of amides is 1. The monoisotopic (exact) mass is 558 g/mol. The van der Waals surface area contributed by atoms with Crippen molar-refractivity contribution in [2.75, 3.05) is 13.1 Å². The van der Waals surface area contributed by atoms with E-state index in [9.17, 15) is 13.2 Å². The van der Waals surface area contributed by atoms with Crippen LogP contribution in [0.1, 0.15) is 59.7 Å². The topological polar surface area (TPSA) is 57.7 Å². The molecule has 0 saturated heterocycles. The molecule has 39 heavy (non-hydrogen) atoms. The molecule has 2 aliphatic rings. The van der Waals surface area contributed by atoms with Crippen molar-refractivity contribution in [3.05, 3.63) is 99.7 Å². The number of nitrogens with zero attached hydrogens (tertiary/aromatic N) is 2. The maximum atomic E-state index is 14.4. The van der Waals surface area contributed by atoms with E-state index in [-0.39, 0.29) is 29.4 Å². The Morgan fingerprint density at radius 1 is 0.923 bits per heavy atom. The van der Waals surface area contributed by atoms with E-state index in [0.29, 0.717) is 11.9 Å². The Balaban J connectivity index is 1.39. The zero-order valence-corrected chi connectivity index (χ0v) is 23.9. The molecule has 2 heterocycles. The van der Waals surface area contributed by atoms with Gasteiger partial charge in [-0.15, -0.1) is 11.3 Å². The molecular formula is C32H34N2O3S2. The van der Waals surface area contributed by atoms with Crippen molar-refractivity contribution in [1.82, 2.24) is 9.21 Å². The highest BCUT2D eigenvalue weighted by molar-refractivity contribution is 7.89. The number of thiophene rings is 1. The van der Waals surface area contributed by atoms with E-state index in [4.69, 9.17) is 0 Å². The van der Waals surface area contributed by atoms with Crippen LogP contribution in [0.4, 0.5) is 0 Å². The molecule has 4 aromatic rings. The van der Waals surface area contributed by atoms with Gasteiger partial charge in [0.05, 0.1) is 17.5 Å². The van der Waals surface area contributed by atoms with Crippen molar-refractivity contribution in [3.8, 4) is 0 Å². The van der Waals surface area contributed by atoms with Crippen LogP contribution < -0.4 is 0 Å². The van der Waals surface area contributed by atoms with Gasteiger partial charge in [0.1, 0.15) is 0 Å². The maximum absolute atomic E-state index is 14.4. The van der Waals surface area contributed by atoms with Crippen LogP contribution in [0, 0.1) is 6.92 Å². The molecular weight excluding hydrogens is 524 g/mol. The molecule has 5 nitrogen and oxygen atoms in total. The van der Waals surface area contributed by atoms with Crippen LogP contribution in [0.3, 0.4) is 0 Å². The van der Waals surface area contributed by atoms with Gasteiger partial charge in [0.25, 0.3) is 0 Å². The molecule has 1 amide bonds. The Labute approximate surface area is 235 Å². The fourth-order valence-electron chi connectivity index (χ4n) is 6.36. The molecule has 0 spiro atoms. The van der Waals surface area contributed by atoms with Crippen LogP contribution in [0.2, 0.25) is 0 Å². The third-order valence-electron chi connectivity index (χ3n) is 8.38. The minimum absolute atomic E-state index is 0.130. The Bertz CT molecular complexity index is 1600. The molecule has 0 N–H and O–H groups in total. The summed E-state index contributed by atoms with van der Waals surface area (Å²) < 4.78 is 30.3. The molecule has 1 atom stereocenters. The van der Waals surface area contributed by atoms with Gasteiger partial charge in [-0.05, 0) is 65.8 Å². The summed E-state index contributed by atoms with van der Waals surface area (Å²) >= 11 is 1.74. The number of carbonyl (C=O) groups is 1. The smallest absolute Gasteiger partial charge is 0.244 e. The lowest BCUT2D eigenvalue weighted by Gasteiger charge is -2.39. The lowest BCUT2D eigenvalue weighted by Crippen LogP contribution is -2.50. The highest BCUT2D eigenvalue weighted by Crippen LogP contribution is 2.39. The SMILES string of the molecule is Cc1ccccc1[C@H]1c2ccsc2CCN1C(=O)CN(C1CCCCC1)S(=O)(=O)c1cccc2ccccc12. The number of hydrogen-bond acceptors (Lipinski definition) is 4. The summed E-state index contributed by atoms with van der Waals surface area (Å²) in [5.41, 5.74) is 3.40. The first-order valence-corrected chi connectivity index (χ1v) is 16.2. The van der Waals surface area contributed by atoms with Gasteiger partial charge in [0, 0.05) is 22.8 Å². The lowest BCUT2D eigenvalue weighted by molar-refractivity contribution is -0.134. The van der Waals surface area contributed by atoms with Crippen LogP contribution in [-0.2, 0) is 21.2 Å². The van der Waals surface area contributed by atoms with Crippen LogP contribution >= 0.6 is 11.3 Å². The number of benzene rings is 3. The third-order valence-corrected chi connectivity index (χ3v) is 11.3. The summed E-state index contributed by atoms with van der Waals surface area (Å²) in [5.74, 6) is -0.130. The average molecular weight is 559 g/mol. The molecule has 202 valence electrons. The van der Waals surface area contributed by atoms with E-state index in [1.165, 1.54) is 9.18 Å². The van der Waals surface area contributed by atoms with Gasteiger partial charge in [-0.3, -0.25) is 4.79 Å². The molecule has 1 aliphatic carbocycles. The summed E-state index contributed by atoms with van der Waals surface area (Å²) in [4.78, 5) is 17.8. The summed E-state index contributed by atoms with van der Waals surface area (Å²) in [6, 6.07) is 23.0. The van der Waals surface area contributed by atoms with Gasteiger partial charge in [-0.25, -0.2) is 8.42 Å². The van der Waals surface area contributed by atoms with Gasteiger partial charge < -0.3 is 4.90 Å². The van der Waals surface area contributed by atoms with Gasteiger partial charge in [0.2, 0.25) is 15.9 Å². The average Bonchev–Trinajstić information content (AvgIpc) is 3.45. The summed E-state index contributed by atoms with van der Waals surface area (Å²) in [7, 11) is -3.91. The molecule has 0 bridgehead atoms. The zero-order chi connectivity index (χ0) is 27.0. The predicted molar refractivity (Wildman–Crippen MR) is 157 cm³/mol. The van der Waals surface area contributed by atoms with E-state index in [2.05, 4.69) is 30.5 Å². The predicted octanol–water partition coefficient (Wildman–Crippen LogP) is 6.71.